The molecule has 0 spiro atoms. The molecule has 4 nitrogen and oxygen atoms in total. The lowest BCUT2D eigenvalue weighted by Gasteiger charge is -2.05. The molecule has 1 aromatic carbocycles. The van der Waals surface area contributed by atoms with Crippen molar-refractivity contribution in [3.05, 3.63) is 57.3 Å². The van der Waals surface area contributed by atoms with E-state index in [-0.39, 0.29) is 5.91 Å². The maximum absolute atomic E-state index is 12.2. The van der Waals surface area contributed by atoms with Crippen LogP contribution in [0.2, 0.25) is 5.15 Å². The zero-order valence-corrected chi connectivity index (χ0v) is 12.8. The summed E-state index contributed by atoms with van der Waals surface area (Å²) in [5.74, 6) is -0.254. The van der Waals surface area contributed by atoms with Crippen LogP contribution in [0.25, 0.3) is 10.8 Å². The zero-order chi connectivity index (χ0) is 14.8. The molecule has 0 radical (unpaired) electrons. The van der Waals surface area contributed by atoms with Crippen LogP contribution in [0.1, 0.15) is 20.4 Å². The van der Waals surface area contributed by atoms with Crippen molar-refractivity contribution in [1.82, 2.24) is 15.3 Å². The van der Waals surface area contributed by atoms with Crippen LogP contribution in [-0.4, -0.2) is 15.9 Å². The predicted octanol–water partition coefficient (Wildman–Crippen LogP) is 3.58. The Kier molecular flexibility index (Phi) is 3.86. The van der Waals surface area contributed by atoms with E-state index in [1.807, 2.05) is 31.2 Å². The van der Waals surface area contributed by atoms with E-state index in [4.69, 9.17) is 11.6 Å². The molecular weight excluding hydrogens is 306 g/mol. The highest BCUT2D eigenvalue weighted by Gasteiger charge is 2.11. The summed E-state index contributed by atoms with van der Waals surface area (Å²) in [4.78, 5) is 21.6. The van der Waals surface area contributed by atoms with Gasteiger partial charge in [0.25, 0.3) is 5.91 Å². The number of pyridine rings is 1. The second-order valence-corrected chi connectivity index (χ2v) is 6.24. The van der Waals surface area contributed by atoms with Crippen LogP contribution in [0.15, 0.2) is 36.5 Å². The molecule has 1 amide bonds. The van der Waals surface area contributed by atoms with Gasteiger partial charge in [0, 0.05) is 16.5 Å². The highest BCUT2D eigenvalue weighted by molar-refractivity contribution is 7.11. The maximum Gasteiger partial charge on any atom is 0.270 e. The van der Waals surface area contributed by atoms with Crippen molar-refractivity contribution in [2.75, 3.05) is 0 Å². The molecule has 0 saturated carbocycles. The fourth-order valence-corrected chi connectivity index (χ4v) is 2.99. The van der Waals surface area contributed by atoms with Crippen molar-refractivity contribution < 1.29 is 4.79 Å². The lowest BCUT2D eigenvalue weighted by Crippen LogP contribution is -2.23. The summed E-state index contributed by atoms with van der Waals surface area (Å²) >= 11 is 7.68. The van der Waals surface area contributed by atoms with E-state index < -0.39 is 0 Å². The van der Waals surface area contributed by atoms with Gasteiger partial charge in [-0.3, -0.25) is 4.79 Å². The molecule has 0 aliphatic carbocycles. The van der Waals surface area contributed by atoms with Crippen LogP contribution in [0.3, 0.4) is 0 Å². The van der Waals surface area contributed by atoms with Gasteiger partial charge in [-0.15, -0.1) is 11.3 Å². The van der Waals surface area contributed by atoms with E-state index >= 15 is 0 Å². The first kappa shape index (κ1) is 14.0. The van der Waals surface area contributed by atoms with E-state index in [0.29, 0.717) is 17.4 Å². The molecule has 1 N–H and O–H groups in total. The average molecular weight is 318 g/mol. The Morgan fingerprint density at radius 1 is 1.38 bits per heavy atom. The summed E-state index contributed by atoms with van der Waals surface area (Å²) in [5.41, 5.74) is 0.312. The second kappa shape index (κ2) is 5.79. The topological polar surface area (TPSA) is 54.9 Å². The van der Waals surface area contributed by atoms with E-state index in [1.54, 1.807) is 23.6 Å². The second-order valence-electron chi connectivity index (χ2n) is 4.57. The number of fused-ring (bicyclic) bond motifs is 1. The fraction of sp³-hybridized carbons (Fsp3) is 0.133. The fourth-order valence-electron chi connectivity index (χ4n) is 2.00. The summed E-state index contributed by atoms with van der Waals surface area (Å²) in [7, 11) is 0. The van der Waals surface area contributed by atoms with Gasteiger partial charge in [-0.05, 0) is 18.4 Å². The molecule has 0 saturated heterocycles. The number of nitrogens with one attached hydrogen (secondary N) is 1. The third kappa shape index (κ3) is 3.04. The molecule has 0 aliphatic rings. The van der Waals surface area contributed by atoms with Gasteiger partial charge in [0.2, 0.25) is 0 Å². The Morgan fingerprint density at radius 3 is 2.95 bits per heavy atom. The first-order chi connectivity index (χ1) is 10.1. The number of nitrogens with zero attached hydrogens (tertiary/aromatic N) is 2. The van der Waals surface area contributed by atoms with Gasteiger partial charge in [0.05, 0.1) is 6.54 Å². The smallest absolute Gasteiger partial charge is 0.270 e. The molecule has 3 aromatic rings. The van der Waals surface area contributed by atoms with Crippen molar-refractivity contribution in [3.63, 3.8) is 0 Å². The molecule has 2 heterocycles. The Morgan fingerprint density at radius 2 is 2.19 bits per heavy atom. The molecule has 0 atom stereocenters. The van der Waals surface area contributed by atoms with E-state index in [1.165, 1.54) is 0 Å². The molecule has 3 rings (SSSR count). The van der Waals surface area contributed by atoms with Gasteiger partial charge in [0.1, 0.15) is 15.9 Å². The third-order valence-corrected chi connectivity index (χ3v) is 4.20. The number of benzene rings is 1. The molecule has 0 unspecified atom stereocenters. The number of aryl methyl sites for hydroxylation is 1. The van der Waals surface area contributed by atoms with Gasteiger partial charge in [-0.2, -0.15) is 0 Å². The van der Waals surface area contributed by atoms with Gasteiger partial charge in [-0.1, -0.05) is 35.9 Å². The van der Waals surface area contributed by atoms with Crippen LogP contribution in [0.4, 0.5) is 0 Å². The largest absolute Gasteiger partial charge is 0.344 e. The Labute approximate surface area is 130 Å². The molecule has 2 aromatic heterocycles. The van der Waals surface area contributed by atoms with Crippen LogP contribution < -0.4 is 5.32 Å². The third-order valence-electron chi connectivity index (χ3n) is 3.00. The number of rotatable bonds is 3. The van der Waals surface area contributed by atoms with Gasteiger partial charge in [-0.25, -0.2) is 9.97 Å². The molecule has 6 heteroatoms. The normalized spacial score (nSPS) is 10.8. The van der Waals surface area contributed by atoms with Crippen molar-refractivity contribution in [2.45, 2.75) is 13.5 Å². The zero-order valence-electron chi connectivity index (χ0n) is 11.3. The van der Waals surface area contributed by atoms with E-state index in [0.717, 1.165) is 20.7 Å². The summed E-state index contributed by atoms with van der Waals surface area (Å²) < 4.78 is 0. The molecular formula is C15H12ClN3OS. The molecule has 0 bridgehead atoms. The lowest BCUT2D eigenvalue weighted by atomic mass is 10.1. The van der Waals surface area contributed by atoms with Gasteiger partial charge >= 0.3 is 0 Å². The van der Waals surface area contributed by atoms with Crippen molar-refractivity contribution in [3.8, 4) is 0 Å². The first-order valence-electron chi connectivity index (χ1n) is 6.38. The average Bonchev–Trinajstić information content (AvgIpc) is 2.90. The number of halogens is 1. The minimum Gasteiger partial charge on any atom is -0.344 e. The minimum atomic E-state index is -0.254. The highest BCUT2D eigenvalue weighted by atomic mass is 35.5. The van der Waals surface area contributed by atoms with Crippen LogP contribution in [-0.2, 0) is 6.54 Å². The first-order valence-corrected chi connectivity index (χ1v) is 7.58. The summed E-state index contributed by atoms with van der Waals surface area (Å²) in [5, 5.41) is 5.75. The molecule has 106 valence electrons. The quantitative estimate of drug-likeness (QED) is 0.751. The Hall–Kier alpha value is -1.98. The summed E-state index contributed by atoms with van der Waals surface area (Å²) in [6.45, 7) is 2.37. The monoisotopic (exact) mass is 317 g/mol. The Bertz CT molecular complexity index is 816. The van der Waals surface area contributed by atoms with Gasteiger partial charge < -0.3 is 5.32 Å². The van der Waals surface area contributed by atoms with Gasteiger partial charge in [0.15, 0.2) is 0 Å². The number of aromatic nitrogens is 2. The number of thiazole rings is 1. The highest BCUT2D eigenvalue weighted by Crippen LogP contribution is 2.22. The number of carbonyl (C=O) groups excluding carboxylic acids is 1. The van der Waals surface area contributed by atoms with E-state index in [2.05, 4.69) is 15.3 Å². The maximum atomic E-state index is 12.2. The number of hydrogen-bond acceptors (Lipinski definition) is 4. The molecule has 0 aliphatic heterocycles. The van der Waals surface area contributed by atoms with Crippen molar-refractivity contribution in [2.24, 2.45) is 0 Å². The summed E-state index contributed by atoms with van der Waals surface area (Å²) in [6, 6.07) is 9.32. The number of carbonyl (C=O) groups is 1. The SMILES string of the molecule is Cc1cnc(CNC(=O)c2cc3ccccc3c(Cl)n2)s1. The van der Waals surface area contributed by atoms with Crippen LogP contribution >= 0.6 is 22.9 Å². The number of hydrogen-bond donors (Lipinski definition) is 1. The lowest BCUT2D eigenvalue weighted by molar-refractivity contribution is 0.0946. The van der Waals surface area contributed by atoms with E-state index in [9.17, 15) is 4.79 Å². The molecule has 0 fully saturated rings. The summed E-state index contributed by atoms with van der Waals surface area (Å²) in [6.07, 6.45) is 1.79. The van der Waals surface area contributed by atoms with Crippen molar-refractivity contribution in [1.29, 1.82) is 0 Å². The minimum absolute atomic E-state index is 0.254. The predicted molar refractivity (Wildman–Crippen MR) is 84.8 cm³/mol. The van der Waals surface area contributed by atoms with Crippen molar-refractivity contribution >= 4 is 39.6 Å². The van der Waals surface area contributed by atoms with Crippen LogP contribution in [0, 0.1) is 6.92 Å². The molecule has 21 heavy (non-hydrogen) atoms. The standard InChI is InChI=1S/C15H12ClN3OS/c1-9-7-17-13(21-9)8-18-15(20)12-6-10-4-2-3-5-11(10)14(16)19-12/h2-7H,8H2,1H3,(H,18,20). The Balaban J connectivity index is 1.81. The number of amides is 1. The van der Waals surface area contributed by atoms with Crippen LogP contribution in [0.5, 0.6) is 0 Å².